The Hall–Kier alpha value is -2.93. The van der Waals surface area contributed by atoms with Crippen molar-refractivity contribution >= 4 is 11.8 Å². The van der Waals surface area contributed by atoms with E-state index in [-0.39, 0.29) is 17.1 Å². The number of carbonyl (C=O) groups is 1. The lowest BCUT2D eigenvalue weighted by atomic mass is 10.0. The van der Waals surface area contributed by atoms with Crippen LogP contribution in [0.4, 0.5) is 10.5 Å². The Morgan fingerprint density at radius 1 is 1.15 bits per heavy atom. The van der Waals surface area contributed by atoms with Crippen LogP contribution in [-0.2, 0) is 4.74 Å². The van der Waals surface area contributed by atoms with Crippen molar-refractivity contribution in [2.45, 2.75) is 45.6 Å². The van der Waals surface area contributed by atoms with E-state index in [0.29, 0.717) is 11.3 Å². The fourth-order valence-corrected chi connectivity index (χ4v) is 2.87. The third kappa shape index (κ3) is 4.37. The number of nitrogens with zero attached hydrogens (tertiary/aromatic N) is 3. The average molecular weight is 357 g/mol. The molecule has 0 saturated carbocycles. The van der Waals surface area contributed by atoms with E-state index < -0.39 is 11.8 Å². The quantitative estimate of drug-likeness (QED) is 0.600. The van der Waals surface area contributed by atoms with Gasteiger partial charge in [-0.3, -0.25) is 0 Å². The van der Waals surface area contributed by atoms with E-state index >= 15 is 0 Å². The second-order valence-corrected chi connectivity index (χ2v) is 7.02. The highest BCUT2D eigenvalue weighted by molar-refractivity contribution is 5.79. The number of nitriles is 2. The topological polar surface area (TPSA) is 95.6 Å². The van der Waals surface area contributed by atoms with Gasteiger partial charge in [0, 0.05) is 19.2 Å². The molecule has 1 aromatic carbocycles. The lowest BCUT2D eigenvalue weighted by Crippen LogP contribution is -2.31. The standard InChI is InChI=1S/C19H23N3O4/c1-19(2,3)26-18(23)25-17-14(12-21)16(22-8-6-5-7-9-22)13(11-20)10-15(17)24-4/h10H,5-9H2,1-4H3. The van der Waals surface area contributed by atoms with Crippen LogP contribution < -0.4 is 14.4 Å². The van der Waals surface area contributed by atoms with Gasteiger partial charge in [0.25, 0.3) is 0 Å². The first-order chi connectivity index (χ1) is 12.3. The zero-order valence-electron chi connectivity index (χ0n) is 15.6. The molecule has 26 heavy (non-hydrogen) atoms. The Balaban J connectivity index is 2.54. The molecule has 7 nitrogen and oxygen atoms in total. The molecule has 0 atom stereocenters. The molecule has 0 amide bonds. The molecule has 0 unspecified atom stereocenters. The molecule has 0 radical (unpaired) electrons. The number of benzene rings is 1. The molecule has 138 valence electrons. The van der Waals surface area contributed by atoms with Gasteiger partial charge in [-0.15, -0.1) is 0 Å². The summed E-state index contributed by atoms with van der Waals surface area (Å²) in [6.07, 6.45) is 2.13. The lowest BCUT2D eigenvalue weighted by Gasteiger charge is -2.31. The monoisotopic (exact) mass is 357 g/mol. The van der Waals surface area contributed by atoms with Crippen LogP contribution in [0.1, 0.15) is 51.2 Å². The Morgan fingerprint density at radius 2 is 1.81 bits per heavy atom. The van der Waals surface area contributed by atoms with Gasteiger partial charge in [-0.25, -0.2) is 4.79 Å². The Kier molecular flexibility index (Phi) is 5.94. The van der Waals surface area contributed by atoms with Crippen LogP contribution in [0.2, 0.25) is 0 Å². The molecule has 0 spiro atoms. The van der Waals surface area contributed by atoms with Gasteiger partial charge < -0.3 is 19.1 Å². The summed E-state index contributed by atoms with van der Waals surface area (Å²) >= 11 is 0. The van der Waals surface area contributed by atoms with Crippen molar-refractivity contribution in [1.29, 1.82) is 10.5 Å². The maximum absolute atomic E-state index is 12.1. The molecular weight excluding hydrogens is 334 g/mol. The van der Waals surface area contributed by atoms with Gasteiger partial charge in [0.1, 0.15) is 23.3 Å². The van der Waals surface area contributed by atoms with Gasteiger partial charge in [-0.1, -0.05) is 0 Å². The first-order valence-corrected chi connectivity index (χ1v) is 8.51. The molecule has 1 fully saturated rings. The third-order valence-electron chi connectivity index (χ3n) is 3.92. The van der Waals surface area contributed by atoms with Crippen LogP contribution in [0.15, 0.2) is 6.07 Å². The number of hydrogen-bond donors (Lipinski definition) is 0. The highest BCUT2D eigenvalue weighted by atomic mass is 16.7. The maximum Gasteiger partial charge on any atom is 0.514 e. The summed E-state index contributed by atoms with van der Waals surface area (Å²) in [5.41, 5.74) is 0.166. The SMILES string of the molecule is COc1cc(C#N)c(N2CCCCC2)c(C#N)c1OC(=O)OC(C)(C)C. The predicted molar refractivity (Wildman–Crippen MR) is 95.4 cm³/mol. The first kappa shape index (κ1) is 19.4. The van der Waals surface area contributed by atoms with Crippen LogP contribution in [0.5, 0.6) is 11.5 Å². The maximum atomic E-state index is 12.1. The number of carbonyl (C=O) groups excluding carboxylic acids is 1. The van der Waals surface area contributed by atoms with E-state index in [9.17, 15) is 15.3 Å². The zero-order chi connectivity index (χ0) is 19.3. The van der Waals surface area contributed by atoms with Crippen LogP contribution in [0.3, 0.4) is 0 Å². The second-order valence-electron chi connectivity index (χ2n) is 7.02. The van der Waals surface area contributed by atoms with E-state index in [1.54, 1.807) is 20.8 Å². The van der Waals surface area contributed by atoms with E-state index in [0.717, 1.165) is 32.4 Å². The van der Waals surface area contributed by atoms with E-state index in [2.05, 4.69) is 12.1 Å². The highest BCUT2D eigenvalue weighted by Crippen LogP contribution is 2.41. The summed E-state index contributed by atoms with van der Waals surface area (Å²) in [6, 6.07) is 5.68. The van der Waals surface area contributed by atoms with Gasteiger partial charge in [0.15, 0.2) is 11.5 Å². The summed E-state index contributed by atoms with van der Waals surface area (Å²) in [7, 11) is 1.39. The van der Waals surface area contributed by atoms with Gasteiger partial charge in [-0.2, -0.15) is 10.5 Å². The minimum absolute atomic E-state index is 0.0242. The average Bonchev–Trinajstić information content (AvgIpc) is 2.60. The summed E-state index contributed by atoms with van der Waals surface area (Å²) in [5.74, 6) is 0.119. The Labute approximate surface area is 153 Å². The van der Waals surface area contributed by atoms with Crippen molar-refractivity contribution < 1.29 is 19.0 Å². The van der Waals surface area contributed by atoms with Gasteiger partial charge in [0.05, 0.1) is 18.4 Å². The largest absolute Gasteiger partial charge is 0.514 e. The van der Waals surface area contributed by atoms with Crippen molar-refractivity contribution in [3.63, 3.8) is 0 Å². The Bertz CT molecular complexity index is 763. The van der Waals surface area contributed by atoms with Crippen molar-refractivity contribution in [3.05, 3.63) is 17.2 Å². The smallest absolute Gasteiger partial charge is 0.493 e. The molecule has 0 aliphatic carbocycles. The molecule has 1 aliphatic heterocycles. The van der Waals surface area contributed by atoms with Gasteiger partial charge >= 0.3 is 6.16 Å². The van der Waals surface area contributed by atoms with E-state index in [1.807, 2.05) is 4.90 Å². The number of rotatable bonds is 3. The van der Waals surface area contributed by atoms with Gasteiger partial charge in [0.2, 0.25) is 0 Å². The minimum atomic E-state index is -0.929. The molecule has 0 aromatic heterocycles. The fourth-order valence-electron chi connectivity index (χ4n) is 2.87. The first-order valence-electron chi connectivity index (χ1n) is 8.51. The van der Waals surface area contributed by atoms with Crippen molar-refractivity contribution in [2.75, 3.05) is 25.1 Å². The van der Waals surface area contributed by atoms with Crippen LogP contribution in [-0.4, -0.2) is 32.0 Å². The molecule has 2 rings (SSSR count). The molecular formula is C19H23N3O4. The number of hydrogen-bond acceptors (Lipinski definition) is 7. The summed E-state index contributed by atoms with van der Waals surface area (Å²) in [5, 5.41) is 19.3. The summed E-state index contributed by atoms with van der Waals surface area (Å²) in [4.78, 5) is 14.1. The zero-order valence-corrected chi connectivity index (χ0v) is 15.6. The third-order valence-corrected chi connectivity index (χ3v) is 3.92. The number of methoxy groups -OCH3 is 1. The number of anilines is 1. The molecule has 7 heteroatoms. The minimum Gasteiger partial charge on any atom is -0.493 e. The van der Waals surface area contributed by atoms with Crippen LogP contribution >= 0.6 is 0 Å². The molecule has 0 N–H and O–H groups in total. The fraction of sp³-hybridized carbons (Fsp3) is 0.526. The normalized spacial score (nSPS) is 14.2. The van der Waals surface area contributed by atoms with Crippen molar-refractivity contribution in [1.82, 2.24) is 0 Å². The molecule has 1 saturated heterocycles. The molecule has 1 aromatic rings. The molecule has 1 heterocycles. The number of ether oxygens (including phenoxy) is 3. The van der Waals surface area contributed by atoms with Crippen molar-refractivity contribution in [3.8, 4) is 23.6 Å². The predicted octanol–water partition coefficient (Wildman–Crippen LogP) is 3.74. The second kappa shape index (κ2) is 7.97. The lowest BCUT2D eigenvalue weighted by molar-refractivity contribution is 0.0200. The molecule has 1 aliphatic rings. The van der Waals surface area contributed by atoms with E-state index in [4.69, 9.17) is 14.2 Å². The summed E-state index contributed by atoms with van der Waals surface area (Å²) < 4.78 is 15.7. The Morgan fingerprint density at radius 3 is 2.31 bits per heavy atom. The van der Waals surface area contributed by atoms with Crippen LogP contribution in [0, 0.1) is 22.7 Å². The number of piperidine rings is 1. The summed E-state index contributed by atoms with van der Waals surface area (Å²) in [6.45, 7) is 6.63. The van der Waals surface area contributed by atoms with Crippen molar-refractivity contribution in [2.24, 2.45) is 0 Å². The van der Waals surface area contributed by atoms with E-state index in [1.165, 1.54) is 13.2 Å². The van der Waals surface area contributed by atoms with Gasteiger partial charge in [-0.05, 0) is 40.0 Å². The van der Waals surface area contributed by atoms with Crippen LogP contribution in [0.25, 0.3) is 0 Å². The highest BCUT2D eigenvalue weighted by Gasteiger charge is 2.28. The molecule has 0 bridgehead atoms.